The van der Waals surface area contributed by atoms with Crippen LogP contribution in [0.25, 0.3) is 0 Å². The Kier molecular flexibility index (Phi) is 6.88. The molecule has 27 heavy (non-hydrogen) atoms. The fourth-order valence-corrected chi connectivity index (χ4v) is 3.49. The lowest BCUT2D eigenvalue weighted by atomic mass is 10.2. The van der Waals surface area contributed by atoms with Crippen LogP contribution < -0.4 is 20.7 Å². The first kappa shape index (κ1) is 20.8. The molecule has 0 aliphatic rings. The van der Waals surface area contributed by atoms with Gasteiger partial charge in [0.25, 0.3) is 0 Å². The van der Waals surface area contributed by atoms with Crippen LogP contribution in [-0.4, -0.2) is 25.7 Å². The maximum atomic E-state index is 12.4. The minimum absolute atomic E-state index is 0.0286. The number of thiocarbonyl (C=S) groups is 1. The summed E-state index contributed by atoms with van der Waals surface area (Å²) in [5, 5.41) is 6.40. The second-order valence-electron chi connectivity index (χ2n) is 5.17. The van der Waals surface area contributed by atoms with E-state index >= 15 is 0 Å². The summed E-state index contributed by atoms with van der Waals surface area (Å²) in [6, 6.07) is 10.3. The molecule has 0 atom stereocenters. The van der Waals surface area contributed by atoms with E-state index in [1.165, 1.54) is 43.5 Å². The highest BCUT2D eigenvalue weighted by Crippen LogP contribution is 2.29. The van der Waals surface area contributed by atoms with Crippen molar-refractivity contribution in [1.82, 2.24) is 5.43 Å². The zero-order valence-corrected chi connectivity index (χ0v) is 17.2. The van der Waals surface area contributed by atoms with E-state index in [1.807, 2.05) is 0 Å². The fraction of sp³-hybridized carbons (Fsp3) is 0.0625. The van der Waals surface area contributed by atoms with Crippen molar-refractivity contribution >= 4 is 61.2 Å². The molecule has 8 nitrogen and oxygen atoms in total. The Bertz CT molecular complexity index is 992. The van der Waals surface area contributed by atoms with Gasteiger partial charge in [0, 0.05) is 12.6 Å². The van der Waals surface area contributed by atoms with Gasteiger partial charge >= 0.3 is 10.1 Å². The maximum absolute atomic E-state index is 12.4. The number of hydrazone groups is 1. The largest absolute Gasteiger partial charge is 0.378 e. The number of hydrogen-bond acceptors (Lipinski definition) is 6. The van der Waals surface area contributed by atoms with Crippen molar-refractivity contribution in [2.45, 2.75) is 11.8 Å². The van der Waals surface area contributed by atoms with Gasteiger partial charge in [0.1, 0.15) is 4.90 Å². The predicted molar refractivity (Wildman–Crippen MR) is 110 cm³/mol. The molecule has 0 spiro atoms. The van der Waals surface area contributed by atoms with Crippen LogP contribution in [0.1, 0.15) is 12.5 Å². The van der Waals surface area contributed by atoms with Gasteiger partial charge in [-0.05, 0) is 76.2 Å². The van der Waals surface area contributed by atoms with Crippen molar-refractivity contribution in [2.24, 2.45) is 10.8 Å². The van der Waals surface area contributed by atoms with Gasteiger partial charge in [-0.2, -0.15) is 13.5 Å². The zero-order chi connectivity index (χ0) is 20.0. The Morgan fingerprint density at radius 2 is 1.93 bits per heavy atom. The number of carbonyl (C=O) groups is 1. The van der Waals surface area contributed by atoms with Gasteiger partial charge in [-0.1, -0.05) is 0 Å². The van der Waals surface area contributed by atoms with Gasteiger partial charge in [-0.25, -0.2) is 0 Å². The number of hydrogen-bond donors (Lipinski definition) is 3. The van der Waals surface area contributed by atoms with E-state index in [2.05, 4.69) is 44.0 Å². The number of nitrogens with zero attached hydrogens (tertiary/aromatic N) is 1. The van der Waals surface area contributed by atoms with Crippen LogP contribution in [0.3, 0.4) is 0 Å². The van der Waals surface area contributed by atoms with Crippen molar-refractivity contribution in [3.63, 3.8) is 0 Å². The highest BCUT2D eigenvalue weighted by molar-refractivity contribution is 9.10. The van der Waals surface area contributed by atoms with E-state index in [9.17, 15) is 13.2 Å². The highest BCUT2D eigenvalue weighted by Gasteiger charge is 2.18. The Labute approximate surface area is 170 Å². The third-order valence-electron chi connectivity index (χ3n) is 3.01. The number of benzene rings is 2. The third-order valence-corrected chi connectivity index (χ3v) is 4.97. The van der Waals surface area contributed by atoms with Crippen molar-refractivity contribution in [3.05, 3.63) is 52.5 Å². The van der Waals surface area contributed by atoms with Crippen LogP contribution >= 0.6 is 28.1 Å². The lowest BCUT2D eigenvalue weighted by Crippen LogP contribution is -2.23. The fourth-order valence-electron chi connectivity index (χ4n) is 1.91. The van der Waals surface area contributed by atoms with Gasteiger partial charge in [-0.3, -0.25) is 10.2 Å². The minimum atomic E-state index is -4.04. The van der Waals surface area contributed by atoms with E-state index < -0.39 is 10.1 Å². The molecule has 0 bridgehead atoms. The van der Waals surface area contributed by atoms with E-state index in [0.29, 0.717) is 15.7 Å². The summed E-state index contributed by atoms with van der Waals surface area (Å²) in [4.78, 5) is 11.0. The molecule has 2 aromatic rings. The number of anilines is 1. The normalized spacial score (nSPS) is 11.2. The molecule has 2 aromatic carbocycles. The van der Waals surface area contributed by atoms with Gasteiger partial charge in [0.2, 0.25) is 5.91 Å². The summed E-state index contributed by atoms with van der Waals surface area (Å²) in [5.74, 6) is -0.140. The number of halogens is 1. The Balaban J connectivity index is 2.16. The van der Waals surface area contributed by atoms with Crippen LogP contribution in [0.5, 0.6) is 5.75 Å². The molecule has 142 valence electrons. The Morgan fingerprint density at radius 3 is 2.48 bits per heavy atom. The Morgan fingerprint density at radius 1 is 1.26 bits per heavy atom. The number of nitrogens with one attached hydrogen (secondary N) is 2. The van der Waals surface area contributed by atoms with Gasteiger partial charge < -0.3 is 15.2 Å². The standard InChI is InChI=1S/C16H15BrN4O4S2/c1-10(22)20-12-3-5-13(6-4-12)27(23,24)25-15-7-2-11(8-14(15)17)9-19-21-16(18)26/h2-9H,1H3,(H,20,22)(H3,18,21,26)/b19-9+. The average Bonchev–Trinajstić information content (AvgIpc) is 2.57. The molecule has 0 saturated carbocycles. The predicted octanol–water partition coefficient (Wildman–Crippen LogP) is 2.34. The zero-order valence-electron chi connectivity index (χ0n) is 14.0. The van der Waals surface area contributed by atoms with E-state index in [0.717, 1.165) is 0 Å². The summed E-state index contributed by atoms with van der Waals surface area (Å²) in [6.07, 6.45) is 1.46. The lowest BCUT2D eigenvalue weighted by molar-refractivity contribution is -0.114. The van der Waals surface area contributed by atoms with Gasteiger partial charge in [-0.15, -0.1) is 0 Å². The third kappa shape index (κ3) is 6.31. The molecule has 0 fully saturated rings. The summed E-state index contributed by atoms with van der Waals surface area (Å²) < 4.78 is 30.4. The monoisotopic (exact) mass is 470 g/mol. The van der Waals surface area contributed by atoms with Crippen LogP contribution in [0.15, 0.2) is 56.9 Å². The minimum Gasteiger partial charge on any atom is -0.378 e. The first-order valence-electron chi connectivity index (χ1n) is 7.37. The molecule has 0 radical (unpaired) electrons. The second kappa shape index (κ2) is 8.93. The quantitative estimate of drug-likeness (QED) is 0.256. The molecular formula is C16H15BrN4O4S2. The summed E-state index contributed by atoms with van der Waals surface area (Å²) in [6.45, 7) is 1.36. The molecule has 2 rings (SSSR count). The molecule has 11 heteroatoms. The van der Waals surface area contributed by atoms with Gasteiger partial charge in [0.15, 0.2) is 10.9 Å². The first-order valence-corrected chi connectivity index (χ1v) is 9.98. The lowest BCUT2D eigenvalue weighted by Gasteiger charge is -2.10. The maximum Gasteiger partial charge on any atom is 0.339 e. The van der Waals surface area contributed by atoms with Crippen molar-refractivity contribution < 1.29 is 17.4 Å². The van der Waals surface area contributed by atoms with E-state index in [4.69, 9.17) is 9.92 Å². The van der Waals surface area contributed by atoms with Crippen molar-refractivity contribution in [2.75, 3.05) is 5.32 Å². The van der Waals surface area contributed by atoms with E-state index in [1.54, 1.807) is 12.1 Å². The highest BCUT2D eigenvalue weighted by atomic mass is 79.9. The molecular weight excluding hydrogens is 456 g/mol. The van der Waals surface area contributed by atoms with Crippen LogP contribution in [-0.2, 0) is 14.9 Å². The van der Waals surface area contributed by atoms with Crippen LogP contribution in [0.4, 0.5) is 5.69 Å². The van der Waals surface area contributed by atoms with E-state index in [-0.39, 0.29) is 21.7 Å². The summed E-state index contributed by atoms with van der Waals surface area (Å²) in [7, 11) is -4.04. The summed E-state index contributed by atoms with van der Waals surface area (Å²) >= 11 is 7.89. The van der Waals surface area contributed by atoms with Gasteiger partial charge in [0.05, 0.1) is 10.7 Å². The SMILES string of the molecule is CC(=O)Nc1ccc(S(=O)(=O)Oc2ccc(/C=N/NC(N)=S)cc2Br)cc1. The molecule has 0 heterocycles. The number of nitrogens with two attached hydrogens (primary N) is 1. The second-order valence-corrected chi connectivity index (χ2v) is 8.01. The van der Waals surface area contributed by atoms with Crippen molar-refractivity contribution in [1.29, 1.82) is 0 Å². The molecule has 0 aliphatic heterocycles. The van der Waals surface area contributed by atoms with Crippen molar-refractivity contribution in [3.8, 4) is 5.75 Å². The Hall–Kier alpha value is -2.50. The molecule has 1 amide bonds. The first-order chi connectivity index (χ1) is 12.7. The molecule has 0 aliphatic carbocycles. The average molecular weight is 471 g/mol. The smallest absolute Gasteiger partial charge is 0.339 e. The topological polar surface area (TPSA) is 123 Å². The summed E-state index contributed by atoms with van der Waals surface area (Å²) in [5.41, 5.74) is 8.82. The molecule has 0 unspecified atom stereocenters. The number of amides is 1. The number of carbonyl (C=O) groups excluding carboxylic acids is 1. The molecule has 0 aromatic heterocycles. The van der Waals surface area contributed by atoms with Crippen LogP contribution in [0.2, 0.25) is 0 Å². The molecule has 4 N–H and O–H groups in total. The molecule has 0 saturated heterocycles. The number of rotatable bonds is 6. The van der Waals surface area contributed by atoms with Crippen LogP contribution in [0, 0.1) is 0 Å².